The third-order valence-electron chi connectivity index (χ3n) is 4.29. The SMILES string of the molecule is CCC(C)(C)C1COC(=O)C(C(C)(C)C)C1. The van der Waals surface area contributed by atoms with Gasteiger partial charge in [-0.25, -0.2) is 0 Å². The standard InChI is InChI=1S/C14H26O2/c1-7-14(5,6)10-8-11(13(2,3)4)12(15)16-9-10/h10-11H,7-9H2,1-6H3. The van der Waals surface area contributed by atoms with Crippen molar-refractivity contribution in [1.82, 2.24) is 0 Å². The average Bonchev–Trinajstić information content (AvgIpc) is 2.16. The van der Waals surface area contributed by atoms with Gasteiger partial charge >= 0.3 is 5.97 Å². The van der Waals surface area contributed by atoms with Gasteiger partial charge in [-0.15, -0.1) is 0 Å². The van der Waals surface area contributed by atoms with E-state index in [2.05, 4.69) is 41.5 Å². The number of hydrogen-bond acceptors (Lipinski definition) is 2. The highest BCUT2D eigenvalue weighted by atomic mass is 16.5. The van der Waals surface area contributed by atoms with Crippen LogP contribution in [0.5, 0.6) is 0 Å². The van der Waals surface area contributed by atoms with Gasteiger partial charge in [0.15, 0.2) is 0 Å². The first-order valence-corrected chi connectivity index (χ1v) is 6.35. The van der Waals surface area contributed by atoms with Crippen LogP contribution in [-0.2, 0) is 9.53 Å². The molecule has 2 atom stereocenters. The highest BCUT2D eigenvalue weighted by Gasteiger charge is 2.42. The van der Waals surface area contributed by atoms with E-state index in [1.807, 2.05) is 0 Å². The maximum absolute atomic E-state index is 11.8. The predicted octanol–water partition coefficient (Wildman–Crippen LogP) is 3.65. The van der Waals surface area contributed by atoms with Gasteiger partial charge in [-0.2, -0.15) is 0 Å². The molecule has 2 unspecified atom stereocenters. The van der Waals surface area contributed by atoms with Crippen LogP contribution >= 0.6 is 0 Å². The van der Waals surface area contributed by atoms with Crippen molar-refractivity contribution in [3.8, 4) is 0 Å². The molecule has 2 heteroatoms. The topological polar surface area (TPSA) is 26.3 Å². The normalized spacial score (nSPS) is 27.8. The molecule has 0 spiro atoms. The molecular weight excluding hydrogens is 200 g/mol. The maximum atomic E-state index is 11.8. The predicted molar refractivity (Wildman–Crippen MR) is 66.1 cm³/mol. The molecule has 2 nitrogen and oxygen atoms in total. The molecule has 0 aromatic heterocycles. The molecule has 94 valence electrons. The monoisotopic (exact) mass is 226 g/mol. The van der Waals surface area contributed by atoms with Crippen LogP contribution in [0.25, 0.3) is 0 Å². The zero-order chi connectivity index (χ0) is 12.6. The Morgan fingerprint density at radius 3 is 2.25 bits per heavy atom. The van der Waals surface area contributed by atoms with E-state index in [1.165, 1.54) is 0 Å². The molecule has 0 amide bonds. The number of ether oxygens (including phenoxy) is 1. The molecule has 0 aromatic rings. The maximum Gasteiger partial charge on any atom is 0.309 e. The summed E-state index contributed by atoms with van der Waals surface area (Å²) in [6.07, 6.45) is 2.11. The molecule has 1 aliphatic heterocycles. The summed E-state index contributed by atoms with van der Waals surface area (Å²) in [5.74, 6) is 0.548. The number of hydrogen-bond donors (Lipinski definition) is 0. The second-order valence-electron chi connectivity index (χ2n) is 6.82. The summed E-state index contributed by atoms with van der Waals surface area (Å²) in [5, 5.41) is 0. The number of cyclic esters (lactones) is 1. The van der Waals surface area contributed by atoms with E-state index in [4.69, 9.17) is 4.74 Å². The van der Waals surface area contributed by atoms with E-state index in [0.717, 1.165) is 12.8 Å². The largest absolute Gasteiger partial charge is 0.465 e. The Bertz CT molecular complexity index is 260. The molecule has 16 heavy (non-hydrogen) atoms. The molecule has 1 rings (SSSR count). The van der Waals surface area contributed by atoms with E-state index in [1.54, 1.807) is 0 Å². The van der Waals surface area contributed by atoms with Gasteiger partial charge in [0.2, 0.25) is 0 Å². The van der Waals surface area contributed by atoms with Crippen molar-refractivity contribution < 1.29 is 9.53 Å². The minimum atomic E-state index is -0.00402. The third kappa shape index (κ3) is 2.78. The van der Waals surface area contributed by atoms with E-state index in [-0.39, 0.29) is 22.7 Å². The van der Waals surface area contributed by atoms with Crippen molar-refractivity contribution in [1.29, 1.82) is 0 Å². The first-order valence-electron chi connectivity index (χ1n) is 6.35. The Balaban J connectivity index is 2.79. The van der Waals surface area contributed by atoms with Crippen molar-refractivity contribution in [2.75, 3.05) is 6.61 Å². The summed E-state index contributed by atoms with van der Waals surface area (Å²) in [5.41, 5.74) is 0.282. The summed E-state index contributed by atoms with van der Waals surface area (Å²) < 4.78 is 5.38. The van der Waals surface area contributed by atoms with Gasteiger partial charge in [-0.05, 0) is 23.2 Å². The molecule has 0 saturated carbocycles. The number of carbonyl (C=O) groups is 1. The van der Waals surface area contributed by atoms with Gasteiger partial charge in [-0.3, -0.25) is 4.79 Å². The van der Waals surface area contributed by atoms with Gasteiger partial charge < -0.3 is 4.74 Å². The van der Waals surface area contributed by atoms with Crippen LogP contribution in [0.15, 0.2) is 0 Å². The molecule has 1 fully saturated rings. The lowest BCUT2D eigenvalue weighted by Crippen LogP contribution is -2.42. The van der Waals surface area contributed by atoms with Gasteiger partial charge in [-0.1, -0.05) is 48.0 Å². The summed E-state index contributed by atoms with van der Waals surface area (Å²) in [6.45, 7) is 13.7. The summed E-state index contributed by atoms with van der Waals surface area (Å²) >= 11 is 0. The van der Waals surface area contributed by atoms with Crippen LogP contribution in [0.1, 0.15) is 54.4 Å². The lowest BCUT2D eigenvalue weighted by molar-refractivity contribution is -0.165. The minimum Gasteiger partial charge on any atom is -0.465 e. The number of esters is 1. The Hall–Kier alpha value is -0.530. The fraction of sp³-hybridized carbons (Fsp3) is 0.929. The molecular formula is C14H26O2. The second-order valence-corrected chi connectivity index (χ2v) is 6.82. The van der Waals surface area contributed by atoms with Crippen molar-refractivity contribution in [3.63, 3.8) is 0 Å². The van der Waals surface area contributed by atoms with Gasteiger partial charge in [0.1, 0.15) is 0 Å². The number of carbonyl (C=O) groups excluding carboxylic acids is 1. The van der Waals surface area contributed by atoms with Crippen LogP contribution in [0.4, 0.5) is 0 Å². The van der Waals surface area contributed by atoms with Crippen molar-refractivity contribution in [3.05, 3.63) is 0 Å². The Morgan fingerprint density at radius 2 is 1.81 bits per heavy atom. The van der Waals surface area contributed by atoms with E-state index in [0.29, 0.717) is 12.5 Å². The lowest BCUT2D eigenvalue weighted by Gasteiger charge is -2.42. The van der Waals surface area contributed by atoms with Gasteiger partial charge in [0.05, 0.1) is 12.5 Å². The molecule has 1 aliphatic rings. The summed E-state index contributed by atoms with van der Waals surface area (Å²) in [6, 6.07) is 0. The van der Waals surface area contributed by atoms with Crippen LogP contribution in [-0.4, -0.2) is 12.6 Å². The molecule has 0 radical (unpaired) electrons. The van der Waals surface area contributed by atoms with E-state index < -0.39 is 0 Å². The smallest absolute Gasteiger partial charge is 0.309 e. The van der Waals surface area contributed by atoms with Crippen molar-refractivity contribution >= 4 is 5.97 Å². The quantitative estimate of drug-likeness (QED) is 0.672. The molecule has 0 N–H and O–H groups in total. The average molecular weight is 226 g/mol. The Kier molecular flexibility index (Phi) is 3.71. The van der Waals surface area contributed by atoms with Crippen LogP contribution < -0.4 is 0 Å². The van der Waals surface area contributed by atoms with E-state index >= 15 is 0 Å². The first kappa shape index (κ1) is 13.5. The number of rotatable bonds is 2. The van der Waals surface area contributed by atoms with E-state index in [9.17, 15) is 4.79 Å². The zero-order valence-electron chi connectivity index (χ0n) is 11.6. The minimum absolute atomic E-state index is 0.00402. The lowest BCUT2D eigenvalue weighted by atomic mass is 9.67. The fourth-order valence-corrected chi connectivity index (χ4v) is 2.27. The second kappa shape index (κ2) is 4.38. The third-order valence-corrected chi connectivity index (χ3v) is 4.29. The molecule has 1 heterocycles. The Labute approximate surface area is 99.8 Å². The first-order chi connectivity index (χ1) is 7.18. The summed E-state index contributed by atoms with van der Waals surface area (Å²) in [7, 11) is 0. The summed E-state index contributed by atoms with van der Waals surface area (Å²) in [4.78, 5) is 11.8. The fourth-order valence-electron chi connectivity index (χ4n) is 2.27. The molecule has 0 bridgehead atoms. The highest BCUT2D eigenvalue weighted by molar-refractivity contribution is 5.74. The van der Waals surface area contributed by atoms with Gasteiger partial charge in [0.25, 0.3) is 0 Å². The molecule has 1 saturated heterocycles. The van der Waals surface area contributed by atoms with Crippen molar-refractivity contribution in [2.24, 2.45) is 22.7 Å². The molecule has 0 aliphatic carbocycles. The van der Waals surface area contributed by atoms with Crippen LogP contribution in [0.2, 0.25) is 0 Å². The zero-order valence-corrected chi connectivity index (χ0v) is 11.6. The Morgan fingerprint density at radius 1 is 1.25 bits per heavy atom. The van der Waals surface area contributed by atoms with Crippen LogP contribution in [0.3, 0.4) is 0 Å². The molecule has 0 aromatic carbocycles. The van der Waals surface area contributed by atoms with Crippen LogP contribution in [0, 0.1) is 22.7 Å². The van der Waals surface area contributed by atoms with Crippen molar-refractivity contribution in [2.45, 2.75) is 54.4 Å². The highest BCUT2D eigenvalue weighted by Crippen LogP contribution is 2.43. The van der Waals surface area contributed by atoms with Gasteiger partial charge in [0, 0.05) is 0 Å².